The monoisotopic (exact) mass is 342 g/mol. The lowest BCUT2D eigenvalue weighted by Gasteiger charge is -2.04. The first-order valence-electron chi connectivity index (χ1n) is 6.78. The molecule has 2 rings (SSSR count). The Balaban J connectivity index is 2.14. The van der Waals surface area contributed by atoms with Gasteiger partial charge in [0, 0.05) is 6.07 Å². The van der Waals surface area contributed by atoms with Crippen molar-refractivity contribution in [3.8, 4) is 6.07 Å². The molecule has 7 heteroatoms. The quantitative estimate of drug-likeness (QED) is 0.270. The van der Waals surface area contributed by atoms with Crippen LogP contribution in [0.2, 0.25) is 5.02 Å². The van der Waals surface area contributed by atoms with Gasteiger partial charge in [0.2, 0.25) is 0 Å². The molecule has 0 spiro atoms. The Bertz CT molecular complexity index is 841. The van der Waals surface area contributed by atoms with Gasteiger partial charge < -0.3 is 4.74 Å². The first kappa shape index (κ1) is 17.2. The number of carbonyl (C=O) groups is 1. The third-order valence-corrected chi connectivity index (χ3v) is 3.34. The number of esters is 1. The van der Waals surface area contributed by atoms with E-state index in [1.807, 2.05) is 18.2 Å². The van der Waals surface area contributed by atoms with Gasteiger partial charge >= 0.3 is 5.97 Å². The van der Waals surface area contributed by atoms with Crippen LogP contribution in [0.3, 0.4) is 0 Å². The number of nitrogens with zero attached hydrogens (tertiary/aromatic N) is 2. The van der Waals surface area contributed by atoms with Crippen molar-refractivity contribution in [2.45, 2.75) is 6.61 Å². The molecule has 0 aliphatic heterocycles. The summed E-state index contributed by atoms with van der Waals surface area (Å²) in [6.45, 7) is 0.0414. The smallest absolute Gasteiger partial charge is 0.349 e. The van der Waals surface area contributed by atoms with Gasteiger partial charge in [0.15, 0.2) is 0 Å². The van der Waals surface area contributed by atoms with Gasteiger partial charge in [-0.05, 0) is 29.3 Å². The molecule has 0 unspecified atom stereocenters. The molecule has 24 heavy (non-hydrogen) atoms. The summed E-state index contributed by atoms with van der Waals surface area (Å²) >= 11 is 5.80. The third kappa shape index (κ3) is 4.41. The molecule has 0 fully saturated rings. The largest absolute Gasteiger partial charge is 0.457 e. The number of nitro groups is 1. The first-order valence-corrected chi connectivity index (χ1v) is 7.16. The second-order valence-electron chi connectivity index (χ2n) is 4.70. The molecular weight excluding hydrogens is 332 g/mol. The van der Waals surface area contributed by atoms with Gasteiger partial charge in [0.05, 0.1) is 4.92 Å². The highest BCUT2D eigenvalue weighted by Crippen LogP contribution is 2.26. The fourth-order valence-corrected chi connectivity index (χ4v) is 2.12. The summed E-state index contributed by atoms with van der Waals surface area (Å²) in [5, 5.41) is 19.7. The van der Waals surface area contributed by atoms with Crippen LogP contribution in [0.4, 0.5) is 5.69 Å². The lowest BCUT2D eigenvalue weighted by Crippen LogP contribution is -2.06. The van der Waals surface area contributed by atoms with Crippen molar-refractivity contribution in [1.82, 2.24) is 0 Å². The molecule has 6 nitrogen and oxygen atoms in total. The number of carbonyl (C=O) groups excluding carboxylic acids is 1. The number of benzene rings is 2. The molecule has 0 amide bonds. The van der Waals surface area contributed by atoms with Gasteiger partial charge in [-0.25, -0.2) is 4.79 Å². The van der Waals surface area contributed by atoms with E-state index >= 15 is 0 Å². The van der Waals surface area contributed by atoms with Crippen LogP contribution in [0.15, 0.2) is 54.1 Å². The van der Waals surface area contributed by atoms with Crippen molar-refractivity contribution in [1.29, 1.82) is 5.26 Å². The van der Waals surface area contributed by atoms with Crippen molar-refractivity contribution >= 4 is 29.3 Å². The fraction of sp³-hybridized carbons (Fsp3) is 0.0588. The molecule has 0 heterocycles. The van der Waals surface area contributed by atoms with Crippen molar-refractivity contribution in [3.63, 3.8) is 0 Å². The number of hydrogen-bond acceptors (Lipinski definition) is 5. The Morgan fingerprint density at radius 1 is 1.29 bits per heavy atom. The van der Waals surface area contributed by atoms with Crippen LogP contribution in [-0.4, -0.2) is 10.9 Å². The van der Waals surface area contributed by atoms with Crippen LogP contribution in [0.25, 0.3) is 6.08 Å². The van der Waals surface area contributed by atoms with Crippen molar-refractivity contribution in [3.05, 3.63) is 80.4 Å². The predicted molar refractivity (Wildman–Crippen MR) is 87.9 cm³/mol. The zero-order valence-electron chi connectivity index (χ0n) is 12.3. The van der Waals surface area contributed by atoms with Gasteiger partial charge in [-0.15, -0.1) is 0 Å². The third-order valence-electron chi connectivity index (χ3n) is 3.03. The van der Waals surface area contributed by atoms with E-state index in [1.165, 1.54) is 24.3 Å². The number of hydrogen-bond donors (Lipinski definition) is 0. The molecule has 0 radical (unpaired) electrons. The summed E-state index contributed by atoms with van der Waals surface area (Å²) in [5.74, 6) is -0.782. The van der Waals surface area contributed by atoms with Crippen LogP contribution in [0.1, 0.15) is 11.1 Å². The summed E-state index contributed by atoms with van der Waals surface area (Å²) in [6, 6.07) is 14.7. The molecule has 0 aliphatic rings. The molecule has 120 valence electrons. The normalized spacial score (nSPS) is 10.8. The predicted octanol–water partition coefficient (Wildman–Crippen LogP) is 3.90. The maximum absolute atomic E-state index is 12.0. The number of rotatable bonds is 5. The molecule has 0 N–H and O–H groups in total. The summed E-state index contributed by atoms with van der Waals surface area (Å²) in [6.07, 6.45) is 1.27. The van der Waals surface area contributed by atoms with Crippen molar-refractivity contribution in [2.75, 3.05) is 0 Å². The Morgan fingerprint density at radius 3 is 2.58 bits per heavy atom. The molecular formula is C17H11ClN2O4. The lowest BCUT2D eigenvalue weighted by molar-refractivity contribution is -0.384. The zero-order valence-corrected chi connectivity index (χ0v) is 13.1. The van der Waals surface area contributed by atoms with Crippen LogP contribution < -0.4 is 0 Å². The Labute approximate surface area is 142 Å². The molecule has 0 saturated carbocycles. The lowest BCUT2D eigenvalue weighted by atomic mass is 10.1. The molecule has 0 aromatic heterocycles. The van der Waals surface area contributed by atoms with Gasteiger partial charge in [0.25, 0.3) is 5.69 Å². The molecule has 2 aromatic rings. The summed E-state index contributed by atoms with van der Waals surface area (Å²) in [7, 11) is 0. The topological polar surface area (TPSA) is 93.2 Å². The van der Waals surface area contributed by atoms with E-state index in [0.29, 0.717) is 5.56 Å². The van der Waals surface area contributed by atoms with E-state index in [2.05, 4.69) is 0 Å². The fourth-order valence-electron chi connectivity index (χ4n) is 1.87. The van der Waals surface area contributed by atoms with E-state index in [1.54, 1.807) is 18.2 Å². The van der Waals surface area contributed by atoms with E-state index in [4.69, 9.17) is 21.6 Å². The first-order chi connectivity index (χ1) is 11.5. The van der Waals surface area contributed by atoms with E-state index < -0.39 is 10.9 Å². The second-order valence-corrected chi connectivity index (χ2v) is 5.11. The summed E-state index contributed by atoms with van der Waals surface area (Å²) < 4.78 is 5.07. The van der Waals surface area contributed by atoms with E-state index in [9.17, 15) is 14.9 Å². The second kappa shape index (κ2) is 7.90. The maximum atomic E-state index is 12.0. The van der Waals surface area contributed by atoms with Crippen LogP contribution in [0, 0.1) is 21.4 Å². The zero-order chi connectivity index (χ0) is 17.5. The van der Waals surface area contributed by atoms with Gasteiger partial charge in [-0.1, -0.05) is 41.9 Å². The van der Waals surface area contributed by atoms with E-state index in [-0.39, 0.29) is 22.9 Å². The summed E-state index contributed by atoms with van der Waals surface area (Å²) in [4.78, 5) is 22.1. The van der Waals surface area contributed by atoms with Crippen molar-refractivity contribution in [2.24, 2.45) is 0 Å². The number of nitro benzene ring substituents is 1. The minimum absolute atomic E-state index is 0.0414. The van der Waals surface area contributed by atoms with Gasteiger partial charge in [0.1, 0.15) is 23.3 Å². The Kier molecular flexibility index (Phi) is 5.66. The maximum Gasteiger partial charge on any atom is 0.349 e. The average Bonchev–Trinajstić information content (AvgIpc) is 2.58. The highest BCUT2D eigenvalue weighted by Gasteiger charge is 2.14. The van der Waals surface area contributed by atoms with Crippen LogP contribution in [0.5, 0.6) is 0 Å². The van der Waals surface area contributed by atoms with Crippen LogP contribution in [-0.2, 0) is 16.1 Å². The summed E-state index contributed by atoms with van der Waals surface area (Å²) in [5.41, 5.74) is 0.704. The minimum Gasteiger partial charge on any atom is -0.457 e. The number of halogens is 1. The number of ether oxygens (including phenoxy) is 1. The number of nitriles is 1. The van der Waals surface area contributed by atoms with Gasteiger partial charge in [-0.3, -0.25) is 10.1 Å². The molecule has 2 aromatic carbocycles. The van der Waals surface area contributed by atoms with Crippen LogP contribution >= 0.6 is 11.6 Å². The molecule has 0 aliphatic carbocycles. The SMILES string of the molecule is N#C/C(=C\c1ccc([N+](=O)[O-])c(Cl)c1)C(=O)OCc1ccccc1. The minimum atomic E-state index is -0.782. The van der Waals surface area contributed by atoms with Gasteiger partial charge in [-0.2, -0.15) is 5.26 Å². The Hall–Kier alpha value is -3.17. The standard InChI is InChI=1S/C17H11ClN2O4/c18-15-9-13(6-7-16(15)20(22)23)8-14(10-19)17(21)24-11-12-4-2-1-3-5-12/h1-9H,11H2/b14-8+. The molecule has 0 bridgehead atoms. The van der Waals surface area contributed by atoms with Crippen molar-refractivity contribution < 1.29 is 14.5 Å². The van der Waals surface area contributed by atoms with E-state index in [0.717, 1.165) is 5.56 Å². The Morgan fingerprint density at radius 2 is 2.00 bits per heavy atom. The highest BCUT2D eigenvalue weighted by atomic mass is 35.5. The molecule has 0 atom stereocenters. The average molecular weight is 343 g/mol. The molecule has 0 saturated heterocycles. The highest BCUT2D eigenvalue weighted by molar-refractivity contribution is 6.32.